The molecular weight excluding hydrogens is 350 g/mol. The number of benzene rings is 2. The van der Waals surface area contributed by atoms with Crippen molar-refractivity contribution in [2.75, 3.05) is 30.9 Å². The van der Waals surface area contributed by atoms with Crippen LogP contribution in [0.4, 0.5) is 20.2 Å². The molecule has 25 heavy (non-hydrogen) atoms. The minimum Gasteiger partial charge on any atom is -0.492 e. The fraction of sp³-hybridized carbons (Fsp3) is 0.278. The summed E-state index contributed by atoms with van der Waals surface area (Å²) in [4.78, 5) is 13.8. The topological polar surface area (TPSA) is 41.6 Å². The highest BCUT2D eigenvalue weighted by molar-refractivity contribution is 6.30. The number of carbonyl (C=O) groups excluding carboxylic acids is 1. The van der Waals surface area contributed by atoms with Crippen LogP contribution in [-0.4, -0.2) is 26.6 Å². The number of nitrogens with one attached hydrogen (secondary N) is 1. The van der Waals surface area contributed by atoms with Gasteiger partial charge in [0.25, 0.3) is 0 Å². The molecule has 0 saturated heterocycles. The van der Waals surface area contributed by atoms with Crippen molar-refractivity contribution < 1.29 is 18.3 Å². The third-order valence-corrected chi connectivity index (χ3v) is 4.27. The van der Waals surface area contributed by atoms with Crippen molar-refractivity contribution in [1.82, 2.24) is 0 Å². The molecule has 2 aromatic rings. The fourth-order valence-electron chi connectivity index (χ4n) is 2.84. The molecule has 3 rings (SSSR count). The van der Waals surface area contributed by atoms with Gasteiger partial charge in [-0.3, -0.25) is 4.79 Å². The average molecular weight is 367 g/mol. The summed E-state index contributed by atoms with van der Waals surface area (Å²) < 4.78 is 33.6. The van der Waals surface area contributed by atoms with Crippen molar-refractivity contribution in [2.24, 2.45) is 5.92 Å². The first-order valence-corrected chi connectivity index (χ1v) is 8.11. The molecule has 7 heteroatoms. The highest BCUT2D eigenvalue weighted by Gasteiger charge is 2.26. The maximum absolute atomic E-state index is 14.0. The summed E-state index contributed by atoms with van der Waals surface area (Å²) in [5.74, 6) is -1.61. The zero-order chi connectivity index (χ0) is 18.1. The van der Waals surface area contributed by atoms with Crippen molar-refractivity contribution in [3.8, 4) is 5.75 Å². The lowest BCUT2D eigenvalue weighted by Gasteiger charge is -2.25. The molecule has 1 heterocycles. The first-order valence-electron chi connectivity index (χ1n) is 7.73. The van der Waals surface area contributed by atoms with E-state index < -0.39 is 17.6 Å². The van der Waals surface area contributed by atoms with E-state index in [1.165, 1.54) is 4.90 Å². The van der Waals surface area contributed by atoms with Gasteiger partial charge in [-0.15, -0.1) is 0 Å². The summed E-state index contributed by atoms with van der Waals surface area (Å²) in [5.41, 5.74) is 0.754. The number of fused-ring (bicyclic) bond motifs is 1. The Hall–Kier alpha value is -2.34. The molecule has 0 bridgehead atoms. The molecule has 1 N–H and O–H groups in total. The Kier molecular flexibility index (Phi) is 4.81. The van der Waals surface area contributed by atoms with Crippen molar-refractivity contribution in [3.63, 3.8) is 0 Å². The highest BCUT2D eigenvalue weighted by Crippen LogP contribution is 2.31. The fourth-order valence-corrected chi connectivity index (χ4v) is 3.04. The minimum absolute atomic E-state index is 0.0718. The van der Waals surface area contributed by atoms with E-state index in [-0.39, 0.29) is 23.9 Å². The van der Waals surface area contributed by atoms with Gasteiger partial charge in [0.2, 0.25) is 5.91 Å². The summed E-state index contributed by atoms with van der Waals surface area (Å²) in [6.45, 7) is 0.196. The standard InChI is InChI=1S/C18H17ClF2N2O2/c1-23(2)17-14(20)7-13(8-15(17)21)22-18(24)11-5-10-6-12(19)3-4-16(10)25-9-11/h3-4,6-8,11H,5,9H2,1-2H3,(H,22,24). The van der Waals surface area contributed by atoms with E-state index in [0.717, 1.165) is 17.7 Å². The van der Waals surface area contributed by atoms with Gasteiger partial charge in [0.1, 0.15) is 18.0 Å². The van der Waals surface area contributed by atoms with Crippen LogP contribution < -0.4 is 15.0 Å². The van der Waals surface area contributed by atoms with Crippen molar-refractivity contribution in [3.05, 3.63) is 52.6 Å². The number of ether oxygens (including phenoxy) is 1. The molecule has 2 aromatic carbocycles. The van der Waals surface area contributed by atoms with E-state index in [4.69, 9.17) is 16.3 Å². The number of nitrogens with zero attached hydrogens (tertiary/aromatic N) is 1. The number of amides is 1. The lowest BCUT2D eigenvalue weighted by molar-refractivity contribution is -0.121. The third kappa shape index (κ3) is 3.69. The van der Waals surface area contributed by atoms with Gasteiger partial charge in [-0.25, -0.2) is 8.78 Å². The second-order valence-corrected chi connectivity index (χ2v) is 6.57. The minimum atomic E-state index is -0.739. The zero-order valence-corrected chi connectivity index (χ0v) is 14.5. The Morgan fingerprint density at radius 3 is 2.56 bits per heavy atom. The third-order valence-electron chi connectivity index (χ3n) is 4.03. The zero-order valence-electron chi connectivity index (χ0n) is 13.8. The average Bonchev–Trinajstić information content (AvgIpc) is 2.52. The largest absolute Gasteiger partial charge is 0.492 e. The van der Waals surface area contributed by atoms with Gasteiger partial charge < -0.3 is 15.0 Å². The Morgan fingerprint density at radius 1 is 1.24 bits per heavy atom. The SMILES string of the molecule is CN(C)c1c(F)cc(NC(=O)C2COc3ccc(Cl)cc3C2)cc1F. The lowest BCUT2D eigenvalue weighted by Crippen LogP contribution is -2.32. The van der Waals surface area contributed by atoms with Crippen LogP contribution in [0.1, 0.15) is 5.56 Å². The molecule has 0 spiro atoms. The monoisotopic (exact) mass is 366 g/mol. The van der Waals surface area contributed by atoms with Gasteiger partial charge in [0.05, 0.1) is 5.92 Å². The Labute approximate surface area is 149 Å². The number of hydrogen-bond acceptors (Lipinski definition) is 3. The summed E-state index contributed by atoms with van der Waals surface area (Å²) in [7, 11) is 3.09. The molecule has 0 radical (unpaired) electrons. The van der Waals surface area contributed by atoms with Gasteiger partial charge in [0.15, 0.2) is 11.6 Å². The van der Waals surface area contributed by atoms with Gasteiger partial charge in [0, 0.05) is 24.8 Å². The summed E-state index contributed by atoms with van der Waals surface area (Å²) in [6, 6.07) is 7.44. The summed E-state index contributed by atoms with van der Waals surface area (Å²) >= 11 is 5.97. The van der Waals surface area contributed by atoms with Crippen LogP contribution in [0.5, 0.6) is 5.75 Å². The molecule has 1 aliphatic rings. The molecule has 1 unspecified atom stereocenters. The molecule has 0 fully saturated rings. The molecule has 1 amide bonds. The number of hydrogen-bond donors (Lipinski definition) is 1. The van der Waals surface area contributed by atoms with E-state index in [0.29, 0.717) is 17.2 Å². The van der Waals surface area contributed by atoms with E-state index in [1.54, 1.807) is 32.3 Å². The second-order valence-electron chi connectivity index (χ2n) is 6.14. The first-order chi connectivity index (χ1) is 11.8. The quantitative estimate of drug-likeness (QED) is 0.896. The van der Waals surface area contributed by atoms with Crippen LogP contribution in [0.3, 0.4) is 0 Å². The number of halogens is 3. The Bertz CT molecular complexity index is 804. The number of rotatable bonds is 3. The van der Waals surface area contributed by atoms with E-state index in [1.807, 2.05) is 0 Å². The van der Waals surface area contributed by atoms with Crippen molar-refractivity contribution in [1.29, 1.82) is 0 Å². The molecule has 0 aromatic heterocycles. The second kappa shape index (κ2) is 6.88. The van der Waals surface area contributed by atoms with Crippen LogP contribution in [0.25, 0.3) is 0 Å². The van der Waals surface area contributed by atoms with E-state index in [9.17, 15) is 13.6 Å². The number of anilines is 2. The van der Waals surface area contributed by atoms with Crippen LogP contribution in [-0.2, 0) is 11.2 Å². The summed E-state index contributed by atoms with van der Waals surface area (Å²) in [6.07, 6.45) is 0.447. The predicted octanol–water partition coefficient (Wildman–Crippen LogP) is 3.87. The van der Waals surface area contributed by atoms with Crippen LogP contribution in [0.2, 0.25) is 5.02 Å². The molecule has 1 atom stereocenters. The van der Waals surface area contributed by atoms with Gasteiger partial charge >= 0.3 is 0 Å². The smallest absolute Gasteiger partial charge is 0.231 e. The van der Waals surface area contributed by atoms with Gasteiger partial charge in [-0.05, 0) is 42.3 Å². The normalized spacial score (nSPS) is 16.0. The molecule has 4 nitrogen and oxygen atoms in total. The van der Waals surface area contributed by atoms with Gasteiger partial charge in [-0.1, -0.05) is 11.6 Å². The summed E-state index contributed by atoms with van der Waals surface area (Å²) in [5, 5.41) is 3.12. The first kappa shape index (κ1) is 17.5. The van der Waals surface area contributed by atoms with Gasteiger partial charge in [-0.2, -0.15) is 0 Å². The van der Waals surface area contributed by atoms with E-state index >= 15 is 0 Å². The molecular formula is C18H17ClF2N2O2. The molecule has 0 aliphatic carbocycles. The van der Waals surface area contributed by atoms with Crippen LogP contribution in [0.15, 0.2) is 30.3 Å². The molecule has 1 aliphatic heterocycles. The Balaban J connectivity index is 1.75. The molecule has 132 valence electrons. The maximum atomic E-state index is 14.0. The lowest BCUT2D eigenvalue weighted by atomic mass is 9.96. The Morgan fingerprint density at radius 2 is 1.92 bits per heavy atom. The van der Waals surface area contributed by atoms with Crippen molar-refractivity contribution >= 4 is 28.9 Å². The van der Waals surface area contributed by atoms with E-state index in [2.05, 4.69) is 5.32 Å². The molecule has 0 saturated carbocycles. The van der Waals surface area contributed by atoms with Crippen molar-refractivity contribution in [2.45, 2.75) is 6.42 Å². The highest BCUT2D eigenvalue weighted by atomic mass is 35.5. The van der Waals surface area contributed by atoms with Crippen LogP contribution in [0, 0.1) is 17.6 Å². The maximum Gasteiger partial charge on any atom is 0.231 e. The van der Waals surface area contributed by atoms with Crippen LogP contribution >= 0.6 is 11.6 Å². The number of carbonyl (C=O) groups is 1. The predicted molar refractivity (Wildman–Crippen MR) is 93.5 cm³/mol.